The van der Waals surface area contributed by atoms with Crippen molar-refractivity contribution in [2.24, 2.45) is 5.92 Å². The van der Waals surface area contributed by atoms with Gasteiger partial charge in [0.1, 0.15) is 17.5 Å². The number of nitrogens with two attached hydrogens (primary N) is 1. The number of benzene rings is 1. The van der Waals surface area contributed by atoms with Crippen molar-refractivity contribution in [1.29, 1.82) is 5.26 Å². The monoisotopic (exact) mass is 325 g/mol. The van der Waals surface area contributed by atoms with E-state index in [1.54, 1.807) is 4.68 Å². The molecule has 3 N–H and O–H groups in total. The molecule has 6 heteroatoms. The second-order valence-corrected chi connectivity index (χ2v) is 5.77. The number of amides is 1. The maximum absolute atomic E-state index is 11.7. The molecule has 0 aliphatic rings. The zero-order chi connectivity index (χ0) is 17.5. The second-order valence-electron chi connectivity index (χ2n) is 5.77. The maximum Gasteiger partial charge on any atom is 0.222 e. The van der Waals surface area contributed by atoms with Crippen LogP contribution in [0.3, 0.4) is 0 Å². The van der Waals surface area contributed by atoms with E-state index in [-0.39, 0.29) is 11.8 Å². The number of hydrogen-bond donors (Lipinski definition) is 2. The Morgan fingerprint density at radius 2 is 2.12 bits per heavy atom. The van der Waals surface area contributed by atoms with Crippen LogP contribution in [0.25, 0.3) is 5.69 Å². The predicted molar refractivity (Wildman–Crippen MR) is 93.5 cm³/mol. The van der Waals surface area contributed by atoms with E-state index in [0.29, 0.717) is 36.5 Å². The van der Waals surface area contributed by atoms with Crippen molar-refractivity contribution in [2.45, 2.75) is 33.1 Å². The fraction of sp³-hybridized carbons (Fsp3) is 0.389. The highest BCUT2D eigenvalue weighted by molar-refractivity contribution is 5.78. The van der Waals surface area contributed by atoms with Gasteiger partial charge < -0.3 is 11.1 Å². The van der Waals surface area contributed by atoms with Gasteiger partial charge in [-0.15, -0.1) is 0 Å². The lowest BCUT2D eigenvalue weighted by atomic mass is 10.1. The molecule has 0 aliphatic carbocycles. The summed E-state index contributed by atoms with van der Waals surface area (Å²) in [7, 11) is 0. The summed E-state index contributed by atoms with van der Waals surface area (Å²) in [4.78, 5) is 11.7. The predicted octanol–water partition coefficient (Wildman–Crippen LogP) is 2.42. The van der Waals surface area contributed by atoms with Gasteiger partial charge in [-0.05, 0) is 31.4 Å². The van der Waals surface area contributed by atoms with Crippen LogP contribution in [0.4, 0.5) is 5.82 Å². The first-order chi connectivity index (χ1) is 11.6. The lowest BCUT2D eigenvalue weighted by Crippen LogP contribution is -2.29. The van der Waals surface area contributed by atoms with Gasteiger partial charge in [-0.1, -0.05) is 32.0 Å². The van der Waals surface area contributed by atoms with Crippen molar-refractivity contribution in [3.05, 3.63) is 41.6 Å². The standard InChI is InChI=1S/C18H23N5O/c1-3-13(2)18(24)21-11-7-10-16-15(12-19)17(20)23(22-16)14-8-5-4-6-9-14/h4-6,8-9,13H,3,7,10-11,20H2,1-2H3,(H,21,24)/t13-/m0/s1. The fourth-order valence-electron chi connectivity index (χ4n) is 2.37. The number of nitrogens with one attached hydrogen (secondary N) is 1. The SMILES string of the molecule is CC[C@H](C)C(=O)NCCCc1nn(-c2ccccc2)c(N)c1C#N. The van der Waals surface area contributed by atoms with Crippen LogP contribution in [0.1, 0.15) is 37.9 Å². The van der Waals surface area contributed by atoms with Gasteiger partial charge in [-0.2, -0.15) is 10.4 Å². The lowest BCUT2D eigenvalue weighted by Gasteiger charge is -2.09. The third kappa shape index (κ3) is 3.93. The molecule has 0 saturated carbocycles. The van der Waals surface area contributed by atoms with E-state index >= 15 is 0 Å². The Kier molecular flexibility index (Phi) is 5.96. The Morgan fingerprint density at radius 3 is 2.75 bits per heavy atom. The number of anilines is 1. The van der Waals surface area contributed by atoms with Gasteiger partial charge in [0.15, 0.2) is 0 Å². The summed E-state index contributed by atoms with van der Waals surface area (Å²) in [6.07, 6.45) is 2.12. The minimum Gasteiger partial charge on any atom is -0.382 e. The van der Waals surface area contributed by atoms with Crippen LogP contribution in [-0.4, -0.2) is 22.2 Å². The quantitative estimate of drug-likeness (QED) is 0.764. The smallest absolute Gasteiger partial charge is 0.222 e. The molecule has 0 saturated heterocycles. The van der Waals surface area contributed by atoms with Crippen molar-refractivity contribution >= 4 is 11.7 Å². The van der Waals surface area contributed by atoms with Crippen LogP contribution in [0.5, 0.6) is 0 Å². The number of aryl methyl sites for hydroxylation is 1. The normalized spacial score (nSPS) is 11.7. The van der Waals surface area contributed by atoms with E-state index in [2.05, 4.69) is 16.5 Å². The number of nitrogens with zero attached hydrogens (tertiary/aromatic N) is 3. The number of nitriles is 1. The number of hydrogen-bond acceptors (Lipinski definition) is 4. The average Bonchev–Trinajstić information content (AvgIpc) is 2.94. The molecule has 1 heterocycles. The van der Waals surface area contributed by atoms with Crippen molar-refractivity contribution in [1.82, 2.24) is 15.1 Å². The molecule has 2 aromatic rings. The average molecular weight is 325 g/mol. The van der Waals surface area contributed by atoms with Crippen LogP contribution in [0, 0.1) is 17.2 Å². The zero-order valence-electron chi connectivity index (χ0n) is 14.1. The summed E-state index contributed by atoms with van der Waals surface area (Å²) in [5.74, 6) is 0.433. The molecule has 24 heavy (non-hydrogen) atoms. The molecule has 0 unspecified atom stereocenters. The van der Waals surface area contributed by atoms with Crippen LogP contribution < -0.4 is 11.1 Å². The summed E-state index contributed by atoms with van der Waals surface area (Å²) < 4.78 is 1.59. The highest BCUT2D eigenvalue weighted by Crippen LogP contribution is 2.21. The number of para-hydroxylation sites is 1. The Morgan fingerprint density at radius 1 is 1.42 bits per heavy atom. The summed E-state index contributed by atoms with van der Waals surface area (Å²) in [6.45, 7) is 4.46. The lowest BCUT2D eigenvalue weighted by molar-refractivity contribution is -0.124. The Hall–Kier alpha value is -2.81. The number of nitrogen functional groups attached to an aromatic ring is 1. The molecular formula is C18H23N5O. The molecule has 1 aromatic carbocycles. The van der Waals surface area contributed by atoms with Gasteiger partial charge in [-0.25, -0.2) is 4.68 Å². The van der Waals surface area contributed by atoms with Gasteiger partial charge in [0, 0.05) is 12.5 Å². The maximum atomic E-state index is 11.7. The van der Waals surface area contributed by atoms with Crippen LogP contribution in [0.15, 0.2) is 30.3 Å². The molecule has 0 radical (unpaired) electrons. The Labute approximate surface area is 142 Å². The molecule has 1 aromatic heterocycles. The number of carbonyl (C=O) groups excluding carboxylic acids is 1. The van der Waals surface area contributed by atoms with E-state index in [1.807, 2.05) is 44.2 Å². The summed E-state index contributed by atoms with van der Waals surface area (Å²) in [6, 6.07) is 11.6. The van der Waals surface area contributed by atoms with Gasteiger partial charge >= 0.3 is 0 Å². The van der Waals surface area contributed by atoms with Crippen molar-refractivity contribution < 1.29 is 4.79 Å². The third-order valence-electron chi connectivity index (χ3n) is 4.06. The topological polar surface area (TPSA) is 96.7 Å². The molecule has 1 atom stereocenters. The van der Waals surface area contributed by atoms with Crippen LogP contribution in [-0.2, 0) is 11.2 Å². The molecule has 6 nitrogen and oxygen atoms in total. The molecule has 1 amide bonds. The molecule has 2 rings (SSSR count). The minimum absolute atomic E-state index is 0.0209. The Balaban J connectivity index is 2.04. The highest BCUT2D eigenvalue weighted by atomic mass is 16.1. The first-order valence-electron chi connectivity index (χ1n) is 8.19. The van der Waals surface area contributed by atoms with E-state index in [0.717, 1.165) is 12.1 Å². The fourth-order valence-corrected chi connectivity index (χ4v) is 2.37. The van der Waals surface area contributed by atoms with Gasteiger partial charge in [0.05, 0.1) is 11.4 Å². The largest absolute Gasteiger partial charge is 0.382 e. The molecule has 0 bridgehead atoms. The molecule has 126 valence electrons. The minimum atomic E-state index is 0.0209. The van der Waals surface area contributed by atoms with Gasteiger partial charge in [-0.3, -0.25) is 4.79 Å². The first-order valence-corrected chi connectivity index (χ1v) is 8.19. The van der Waals surface area contributed by atoms with Crippen molar-refractivity contribution in [3.63, 3.8) is 0 Å². The molecule has 0 fully saturated rings. The third-order valence-corrected chi connectivity index (χ3v) is 4.06. The highest BCUT2D eigenvalue weighted by Gasteiger charge is 2.16. The molecular weight excluding hydrogens is 302 g/mol. The zero-order valence-corrected chi connectivity index (χ0v) is 14.1. The summed E-state index contributed by atoms with van der Waals surface area (Å²) in [5, 5.41) is 16.7. The van der Waals surface area contributed by atoms with Crippen molar-refractivity contribution in [3.8, 4) is 11.8 Å². The van der Waals surface area contributed by atoms with Crippen LogP contribution >= 0.6 is 0 Å². The summed E-state index contributed by atoms with van der Waals surface area (Å²) in [5.41, 5.74) is 7.96. The van der Waals surface area contributed by atoms with Gasteiger partial charge in [0.2, 0.25) is 5.91 Å². The second kappa shape index (κ2) is 8.16. The summed E-state index contributed by atoms with van der Waals surface area (Å²) >= 11 is 0. The van der Waals surface area contributed by atoms with E-state index in [4.69, 9.17) is 5.73 Å². The number of aromatic nitrogens is 2. The first kappa shape index (κ1) is 17.5. The molecule has 0 spiro atoms. The van der Waals surface area contributed by atoms with E-state index < -0.39 is 0 Å². The van der Waals surface area contributed by atoms with Crippen LogP contribution in [0.2, 0.25) is 0 Å². The van der Waals surface area contributed by atoms with E-state index in [9.17, 15) is 10.1 Å². The Bertz CT molecular complexity index is 730. The number of carbonyl (C=O) groups is 1. The molecule has 0 aliphatic heterocycles. The van der Waals surface area contributed by atoms with Crippen molar-refractivity contribution in [2.75, 3.05) is 12.3 Å². The number of rotatable bonds is 7. The van der Waals surface area contributed by atoms with E-state index in [1.165, 1.54) is 0 Å². The van der Waals surface area contributed by atoms with Gasteiger partial charge in [0.25, 0.3) is 0 Å².